The van der Waals surface area contributed by atoms with Crippen LogP contribution in [0.1, 0.15) is 38.9 Å². The summed E-state index contributed by atoms with van der Waals surface area (Å²) in [6.07, 6.45) is -0.294. The Balaban J connectivity index is 2.80. The van der Waals surface area contributed by atoms with Gasteiger partial charge in [0.15, 0.2) is 0 Å². The minimum atomic E-state index is -0.850. The smallest absolute Gasteiger partial charge is 0.239 e. The summed E-state index contributed by atoms with van der Waals surface area (Å²) in [7, 11) is 0. The second-order valence-corrected chi connectivity index (χ2v) is 5.72. The van der Waals surface area contributed by atoms with Crippen molar-refractivity contribution in [2.24, 2.45) is 11.7 Å². The first-order valence-corrected chi connectivity index (χ1v) is 7.33. The lowest BCUT2D eigenvalue weighted by Gasteiger charge is -2.29. The number of amides is 1. The van der Waals surface area contributed by atoms with Crippen LogP contribution in [0.25, 0.3) is 0 Å². The number of carbonyl (C=O) groups excluding carboxylic acids is 1. The number of halogens is 1. The fraction of sp³-hybridized carbons (Fsp3) is 0.562. The second-order valence-electron chi connectivity index (χ2n) is 5.72. The molecule has 1 aromatic rings. The molecule has 0 spiro atoms. The van der Waals surface area contributed by atoms with E-state index >= 15 is 0 Å². The number of nitrogens with two attached hydrogens (primary N) is 1. The lowest BCUT2D eigenvalue weighted by atomic mass is 10.1. The molecule has 21 heavy (non-hydrogen) atoms. The number of carbonyl (C=O) groups is 1. The van der Waals surface area contributed by atoms with Crippen molar-refractivity contribution in [1.29, 1.82) is 0 Å². The first-order chi connectivity index (χ1) is 9.85. The Kier molecular flexibility index (Phi) is 6.78. The number of nitrogens with zero attached hydrogens (tertiary/aromatic N) is 1. The Labute approximate surface area is 125 Å². The van der Waals surface area contributed by atoms with Gasteiger partial charge >= 0.3 is 0 Å². The number of hydrogen-bond donors (Lipinski definition) is 2. The predicted octanol–water partition coefficient (Wildman–Crippen LogP) is 2.08. The lowest BCUT2D eigenvalue weighted by molar-refractivity contribution is -0.134. The van der Waals surface area contributed by atoms with Gasteiger partial charge in [0, 0.05) is 6.54 Å². The first kappa shape index (κ1) is 17.6. The molecule has 3 N–H and O–H groups in total. The molecular formula is C16H25FN2O2. The maximum atomic E-state index is 12.9. The van der Waals surface area contributed by atoms with Crippen molar-refractivity contribution < 1.29 is 14.3 Å². The Bertz CT molecular complexity index is 448. The molecule has 4 nitrogen and oxygen atoms in total. The van der Waals surface area contributed by atoms with Gasteiger partial charge in [-0.15, -0.1) is 0 Å². The van der Waals surface area contributed by atoms with Crippen LogP contribution in [0.3, 0.4) is 0 Å². The summed E-state index contributed by atoms with van der Waals surface area (Å²) in [5.41, 5.74) is 6.39. The molecule has 0 radical (unpaired) electrons. The normalized spacial score (nSPS) is 14.0. The van der Waals surface area contributed by atoms with Gasteiger partial charge in [0.1, 0.15) is 5.82 Å². The molecule has 2 atom stereocenters. The third-order valence-corrected chi connectivity index (χ3v) is 3.30. The second kappa shape index (κ2) is 8.10. The Morgan fingerprint density at radius 3 is 2.33 bits per heavy atom. The number of aliphatic hydroxyl groups is 1. The van der Waals surface area contributed by atoms with Crippen LogP contribution in [0.4, 0.5) is 4.39 Å². The minimum Gasteiger partial charge on any atom is -0.387 e. The van der Waals surface area contributed by atoms with Crippen molar-refractivity contribution in [1.82, 2.24) is 4.90 Å². The van der Waals surface area contributed by atoms with Crippen molar-refractivity contribution in [2.45, 2.75) is 39.3 Å². The van der Waals surface area contributed by atoms with Crippen LogP contribution in [0.2, 0.25) is 0 Å². The predicted molar refractivity (Wildman–Crippen MR) is 81.0 cm³/mol. The van der Waals surface area contributed by atoms with Gasteiger partial charge in [0.2, 0.25) is 5.91 Å². The quantitative estimate of drug-likeness (QED) is 0.809. The third kappa shape index (κ3) is 5.44. The van der Waals surface area contributed by atoms with Gasteiger partial charge < -0.3 is 15.7 Å². The zero-order valence-electron chi connectivity index (χ0n) is 12.9. The zero-order valence-corrected chi connectivity index (χ0v) is 12.9. The van der Waals surface area contributed by atoms with Gasteiger partial charge in [0.25, 0.3) is 0 Å². The molecule has 0 heterocycles. The molecule has 1 aromatic carbocycles. The van der Waals surface area contributed by atoms with Crippen LogP contribution in [0.15, 0.2) is 24.3 Å². The maximum absolute atomic E-state index is 12.9. The number of hydrogen-bond acceptors (Lipinski definition) is 3. The average molecular weight is 296 g/mol. The van der Waals surface area contributed by atoms with Crippen molar-refractivity contribution in [3.05, 3.63) is 35.6 Å². The summed E-state index contributed by atoms with van der Waals surface area (Å²) in [5.74, 6) is -0.236. The molecule has 0 fully saturated rings. The Morgan fingerprint density at radius 1 is 1.29 bits per heavy atom. The molecule has 5 heteroatoms. The molecule has 0 aliphatic heterocycles. The number of rotatable bonds is 7. The first-order valence-electron chi connectivity index (χ1n) is 7.33. The van der Waals surface area contributed by atoms with E-state index in [9.17, 15) is 14.3 Å². The van der Waals surface area contributed by atoms with E-state index in [1.165, 1.54) is 24.3 Å². The van der Waals surface area contributed by atoms with Crippen molar-refractivity contribution >= 4 is 5.91 Å². The van der Waals surface area contributed by atoms with Crippen molar-refractivity contribution in [2.75, 3.05) is 13.1 Å². The lowest BCUT2D eigenvalue weighted by Crippen LogP contribution is -2.46. The number of aliphatic hydroxyl groups excluding tert-OH is 1. The SMILES string of the molecule is CCC(N)C(=O)N(CC(C)C)CC(O)c1ccc(F)cc1. The van der Waals surface area contributed by atoms with E-state index in [1.54, 1.807) is 4.90 Å². The third-order valence-electron chi connectivity index (χ3n) is 3.30. The molecule has 0 bridgehead atoms. The highest BCUT2D eigenvalue weighted by Gasteiger charge is 2.23. The fourth-order valence-corrected chi connectivity index (χ4v) is 2.10. The fourth-order valence-electron chi connectivity index (χ4n) is 2.10. The highest BCUT2D eigenvalue weighted by molar-refractivity contribution is 5.81. The maximum Gasteiger partial charge on any atom is 0.239 e. The van der Waals surface area contributed by atoms with E-state index in [4.69, 9.17) is 5.73 Å². The Hall–Kier alpha value is -1.46. The van der Waals surface area contributed by atoms with Crippen LogP contribution in [0.5, 0.6) is 0 Å². The summed E-state index contributed by atoms with van der Waals surface area (Å²) < 4.78 is 12.9. The zero-order chi connectivity index (χ0) is 16.0. The molecule has 118 valence electrons. The van der Waals surface area contributed by atoms with Crippen LogP contribution in [0, 0.1) is 11.7 Å². The van der Waals surface area contributed by atoms with Gasteiger partial charge in [0.05, 0.1) is 18.7 Å². The topological polar surface area (TPSA) is 66.6 Å². The molecule has 0 saturated carbocycles. The average Bonchev–Trinajstić information content (AvgIpc) is 2.45. The Morgan fingerprint density at radius 2 is 1.86 bits per heavy atom. The number of benzene rings is 1. The van der Waals surface area contributed by atoms with E-state index < -0.39 is 12.1 Å². The van der Waals surface area contributed by atoms with Crippen molar-refractivity contribution in [3.63, 3.8) is 0 Å². The standard InChI is InChI=1S/C16H25FN2O2/c1-4-14(18)16(21)19(9-11(2)3)10-15(20)12-5-7-13(17)8-6-12/h5-8,11,14-15,20H,4,9-10,18H2,1-3H3. The summed E-state index contributed by atoms with van der Waals surface area (Å²) in [5, 5.41) is 10.2. The van der Waals surface area contributed by atoms with Gasteiger partial charge in [-0.2, -0.15) is 0 Å². The van der Waals surface area contributed by atoms with Gasteiger partial charge in [-0.3, -0.25) is 4.79 Å². The summed E-state index contributed by atoms with van der Waals surface area (Å²) >= 11 is 0. The largest absolute Gasteiger partial charge is 0.387 e. The monoisotopic (exact) mass is 296 g/mol. The summed E-state index contributed by atoms with van der Waals surface area (Å²) in [6, 6.07) is 5.09. The molecule has 2 unspecified atom stereocenters. The van der Waals surface area contributed by atoms with Crippen LogP contribution in [-0.2, 0) is 4.79 Å². The molecule has 1 rings (SSSR count). The molecule has 0 saturated heterocycles. The van der Waals surface area contributed by atoms with E-state index in [1.807, 2.05) is 20.8 Å². The van der Waals surface area contributed by atoms with E-state index in [2.05, 4.69) is 0 Å². The summed E-state index contributed by atoms with van der Waals surface area (Å²) in [6.45, 7) is 6.55. The van der Waals surface area contributed by atoms with Crippen LogP contribution in [-0.4, -0.2) is 35.0 Å². The van der Waals surface area contributed by atoms with Gasteiger partial charge in [-0.05, 0) is 30.0 Å². The summed E-state index contributed by atoms with van der Waals surface area (Å²) in [4.78, 5) is 13.9. The molecule has 0 aliphatic carbocycles. The van der Waals surface area contributed by atoms with Gasteiger partial charge in [-0.1, -0.05) is 32.9 Å². The molecular weight excluding hydrogens is 271 g/mol. The molecule has 0 aliphatic rings. The highest BCUT2D eigenvalue weighted by Crippen LogP contribution is 2.16. The molecule has 1 amide bonds. The highest BCUT2D eigenvalue weighted by atomic mass is 19.1. The van der Waals surface area contributed by atoms with Crippen molar-refractivity contribution in [3.8, 4) is 0 Å². The minimum absolute atomic E-state index is 0.160. The van der Waals surface area contributed by atoms with Crippen LogP contribution < -0.4 is 5.73 Å². The van der Waals surface area contributed by atoms with Gasteiger partial charge in [-0.25, -0.2) is 4.39 Å². The van der Waals surface area contributed by atoms with Crippen LogP contribution >= 0.6 is 0 Å². The van der Waals surface area contributed by atoms with E-state index in [0.717, 1.165) is 0 Å². The molecule has 0 aromatic heterocycles. The van der Waals surface area contributed by atoms with E-state index in [-0.39, 0.29) is 24.2 Å². The van der Waals surface area contributed by atoms with E-state index in [0.29, 0.717) is 18.5 Å².